The second kappa shape index (κ2) is 9.43. The predicted octanol–water partition coefficient (Wildman–Crippen LogP) is 4.38. The molecular formula is C23H22FN7O2. The van der Waals surface area contributed by atoms with Crippen molar-refractivity contribution >= 4 is 23.4 Å². The minimum atomic E-state index is -0.422. The van der Waals surface area contributed by atoms with Crippen molar-refractivity contribution in [2.75, 3.05) is 10.6 Å². The third-order valence-corrected chi connectivity index (χ3v) is 4.74. The first kappa shape index (κ1) is 21.9. The molecule has 0 saturated heterocycles. The standard InChI is InChI=1S/C23H22FN7O2/c1-13-7-8-19(9-14(13)2)33-23-26-15(3)25-22(29-23)28-20-11-18(30-31-20)12-21(32)27-17-6-4-5-16(24)10-17/h4-11H,12H2,1-3H3,(H,27,32)(H2,25,26,28,29,30,31). The molecule has 4 aromatic rings. The fourth-order valence-corrected chi connectivity index (χ4v) is 3.02. The Bertz CT molecular complexity index is 1310. The molecule has 0 radical (unpaired) electrons. The third kappa shape index (κ3) is 5.88. The topological polar surface area (TPSA) is 118 Å². The number of carbonyl (C=O) groups is 1. The minimum Gasteiger partial charge on any atom is -0.424 e. The summed E-state index contributed by atoms with van der Waals surface area (Å²) >= 11 is 0. The van der Waals surface area contributed by atoms with Gasteiger partial charge in [-0.25, -0.2) is 4.39 Å². The summed E-state index contributed by atoms with van der Waals surface area (Å²) in [6.07, 6.45) is 0.0303. The normalized spacial score (nSPS) is 10.7. The number of aryl methyl sites for hydroxylation is 3. The number of aromatic nitrogens is 5. The molecule has 0 bridgehead atoms. The zero-order chi connectivity index (χ0) is 23.4. The van der Waals surface area contributed by atoms with E-state index in [1.165, 1.54) is 18.2 Å². The number of hydrogen-bond donors (Lipinski definition) is 3. The number of carbonyl (C=O) groups excluding carboxylic acids is 1. The molecular weight excluding hydrogens is 425 g/mol. The lowest BCUT2D eigenvalue weighted by atomic mass is 10.1. The van der Waals surface area contributed by atoms with Gasteiger partial charge in [0.1, 0.15) is 17.4 Å². The predicted molar refractivity (Wildman–Crippen MR) is 121 cm³/mol. The lowest BCUT2D eigenvalue weighted by molar-refractivity contribution is -0.115. The number of nitrogens with zero attached hydrogens (tertiary/aromatic N) is 4. The fourth-order valence-electron chi connectivity index (χ4n) is 3.02. The minimum absolute atomic E-state index is 0.0303. The summed E-state index contributed by atoms with van der Waals surface area (Å²) in [5.41, 5.74) is 3.20. The molecule has 2 aromatic carbocycles. The molecule has 0 aliphatic rings. The van der Waals surface area contributed by atoms with E-state index in [1.54, 1.807) is 19.1 Å². The molecule has 9 nitrogen and oxygen atoms in total. The molecule has 1 amide bonds. The van der Waals surface area contributed by atoms with Crippen LogP contribution in [0.25, 0.3) is 0 Å². The van der Waals surface area contributed by atoms with Gasteiger partial charge in [0.05, 0.1) is 6.42 Å². The number of rotatable bonds is 7. The van der Waals surface area contributed by atoms with Crippen LogP contribution in [0.2, 0.25) is 0 Å². The first-order valence-electron chi connectivity index (χ1n) is 10.2. The molecule has 33 heavy (non-hydrogen) atoms. The molecule has 0 saturated carbocycles. The molecule has 0 aliphatic heterocycles. The van der Waals surface area contributed by atoms with E-state index >= 15 is 0 Å². The first-order chi connectivity index (χ1) is 15.8. The van der Waals surface area contributed by atoms with E-state index in [-0.39, 0.29) is 24.3 Å². The molecule has 2 heterocycles. The van der Waals surface area contributed by atoms with Gasteiger partial charge in [-0.3, -0.25) is 9.89 Å². The molecule has 0 aliphatic carbocycles. The van der Waals surface area contributed by atoms with E-state index in [2.05, 4.69) is 35.8 Å². The fraction of sp³-hybridized carbons (Fsp3) is 0.174. The Hall–Kier alpha value is -4.34. The molecule has 2 aromatic heterocycles. The Morgan fingerprint density at radius 2 is 1.88 bits per heavy atom. The molecule has 0 unspecified atom stereocenters. The Labute approximate surface area is 189 Å². The summed E-state index contributed by atoms with van der Waals surface area (Å²) in [5, 5.41) is 12.5. The van der Waals surface area contributed by atoms with Gasteiger partial charge >= 0.3 is 6.01 Å². The highest BCUT2D eigenvalue weighted by Gasteiger charge is 2.11. The summed E-state index contributed by atoms with van der Waals surface area (Å²) in [5.74, 6) is 1.04. The molecule has 0 atom stereocenters. The second-order valence-corrected chi connectivity index (χ2v) is 7.48. The van der Waals surface area contributed by atoms with E-state index in [0.29, 0.717) is 28.8 Å². The van der Waals surface area contributed by atoms with E-state index in [9.17, 15) is 9.18 Å². The van der Waals surface area contributed by atoms with Gasteiger partial charge in [0.2, 0.25) is 11.9 Å². The van der Waals surface area contributed by atoms with E-state index < -0.39 is 5.82 Å². The highest BCUT2D eigenvalue weighted by atomic mass is 19.1. The van der Waals surface area contributed by atoms with Crippen molar-refractivity contribution in [2.45, 2.75) is 27.2 Å². The van der Waals surface area contributed by atoms with Gasteiger partial charge in [-0.1, -0.05) is 12.1 Å². The van der Waals surface area contributed by atoms with E-state index in [0.717, 1.165) is 11.1 Å². The maximum Gasteiger partial charge on any atom is 0.327 e. The third-order valence-electron chi connectivity index (χ3n) is 4.74. The van der Waals surface area contributed by atoms with Gasteiger partial charge < -0.3 is 15.4 Å². The van der Waals surface area contributed by atoms with Gasteiger partial charge in [-0.15, -0.1) is 0 Å². The van der Waals surface area contributed by atoms with Crippen LogP contribution in [0, 0.1) is 26.6 Å². The van der Waals surface area contributed by atoms with Crippen LogP contribution < -0.4 is 15.4 Å². The second-order valence-electron chi connectivity index (χ2n) is 7.48. The van der Waals surface area contributed by atoms with Crippen LogP contribution in [0.3, 0.4) is 0 Å². The number of amides is 1. The number of ether oxygens (including phenoxy) is 1. The number of aromatic amines is 1. The van der Waals surface area contributed by atoms with Crippen LogP contribution in [0.1, 0.15) is 22.6 Å². The van der Waals surface area contributed by atoms with Gasteiger partial charge in [0, 0.05) is 17.4 Å². The van der Waals surface area contributed by atoms with Crippen LogP contribution in [0.4, 0.5) is 21.8 Å². The van der Waals surface area contributed by atoms with Gasteiger partial charge in [-0.05, 0) is 62.2 Å². The van der Waals surface area contributed by atoms with Crippen molar-refractivity contribution in [3.8, 4) is 11.8 Å². The highest BCUT2D eigenvalue weighted by Crippen LogP contribution is 2.22. The summed E-state index contributed by atoms with van der Waals surface area (Å²) in [7, 11) is 0. The lowest BCUT2D eigenvalue weighted by Crippen LogP contribution is -2.14. The summed E-state index contributed by atoms with van der Waals surface area (Å²) < 4.78 is 19.1. The van der Waals surface area contributed by atoms with Crippen molar-refractivity contribution in [3.05, 3.63) is 77.0 Å². The smallest absolute Gasteiger partial charge is 0.327 e. The number of anilines is 3. The largest absolute Gasteiger partial charge is 0.424 e. The van der Waals surface area contributed by atoms with Crippen LogP contribution in [0.5, 0.6) is 11.8 Å². The molecule has 168 valence electrons. The molecule has 4 rings (SSSR count). The van der Waals surface area contributed by atoms with Crippen LogP contribution in [-0.4, -0.2) is 31.1 Å². The monoisotopic (exact) mass is 447 g/mol. The number of benzene rings is 2. The quantitative estimate of drug-likeness (QED) is 0.385. The molecule has 3 N–H and O–H groups in total. The highest BCUT2D eigenvalue weighted by molar-refractivity contribution is 5.92. The van der Waals surface area contributed by atoms with Crippen LogP contribution >= 0.6 is 0 Å². The van der Waals surface area contributed by atoms with Crippen molar-refractivity contribution in [1.29, 1.82) is 0 Å². The van der Waals surface area contributed by atoms with Crippen molar-refractivity contribution in [3.63, 3.8) is 0 Å². The van der Waals surface area contributed by atoms with Gasteiger partial charge in [-0.2, -0.15) is 20.1 Å². The number of halogens is 1. The average Bonchev–Trinajstić information content (AvgIpc) is 3.16. The molecule has 0 spiro atoms. The Kier molecular flexibility index (Phi) is 6.25. The summed E-state index contributed by atoms with van der Waals surface area (Å²) in [4.78, 5) is 25.0. The van der Waals surface area contributed by atoms with Crippen LogP contribution in [0.15, 0.2) is 48.5 Å². The van der Waals surface area contributed by atoms with Gasteiger partial charge in [0.15, 0.2) is 5.82 Å². The molecule has 10 heteroatoms. The average molecular weight is 447 g/mol. The lowest BCUT2D eigenvalue weighted by Gasteiger charge is -2.08. The van der Waals surface area contributed by atoms with E-state index in [1.807, 2.05) is 32.0 Å². The van der Waals surface area contributed by atoms with Crippen molar-refractivity contribution < 1.29 is 13.9 Å². The zero-order valence-corrected chi connectivity index (χ0v) is 18.3. The first-order valence-corrected chi connectivity index (χ1v) is 10.2. The zero-order valence-electron chi connectivity index (χ0n) is 18.3. The summed E-state index contributed by atoms with van der Waals surface area (Å²) in [6.45, 7) is 5.76. The Balaban J connectivity index is 1.41. The molecule has 0 fully saturated rings. The van der Waals surface area contributed by atoms with E-state index in [4.69, 9.17) is 4.74 Å². The number of H-pyrrole nitrogens is 1. The van der Waals surface area contributed by atoms with Crippen molar-refractivity contribution in [1.82, 2.24) is 25.1 Å². The Morgan fingerprint density at radius 1 is 1.03 bits per heavy atom. The summed E-state index contributed by atoms with van der Waals surface area (Å²) in [6, 6.07) is 13.2. The SMILES string of the molecule is Cc1nc(Nc2cc(CC(=O)Nc3cccc(F)c3)[nH]n2)nc(Oc2ccc(C)c(C)c2)n1. The maximum absolute atomic E-state index is 13.3. The number of nitrogens with one attached hydrogen (secondary N) is 3. The van der Waals surface area contributed by atoms with Crippen LogP contribution in [-0.2, 0) is 11.2 Å². The number of hydrogen-bond acceptors (Lipinski definition) is 7. The Morgan fingerprint density at radius 3 is 2.67 bits per heavy atom. The van der Waals surface area contributed by atoms with Gasteiger partial charge in [0.25, 0.3) is 0 Å². The van der Waals surface area contributed by atoms with Crippen molar-refractivity contribution in [2.24, 2.45) is 0 Å². The maximum atomic E-state index is 13.3.